The normalized spacial score (nSPS) is 39.6. The Bertz CT molecular complexity index is 287. The van der Waals surface area contributed by atoms with Crippen molar-refractivity contribution in [1.82, 2.24) is 10.8 Å². The van der Waals surface area contributed by atoms with Crippen molar-refractivity contribution in [2.45, 2.75) is 50.1 Å². The topological polar surface area (TPSA) is 87.4 Å². The van der Waals surface area contributed by atoms with Crippen LogP contribution in [0, 0.1) is 11.8 Å². The molecule has 1 heterocycles. The quantitative estimate of drug-likeness (QED) is 0.314. The van der Waals surface area contributed by atoms with Crippen LogP contribution in [-0.4, -0.2) is 36.2 Å². The molecule has 1 saturated carbocycles. The number of nitrogens with one attached hydrogen (secondary N) is 2. The second kappa shape index (κ2) is 6.10. The van der Waals surface area contributed by atoms with E-state index in [0.29, 0.717) is 30.8 Å². The van der Waals surface area contributed by atoms with Crippen molar-refractivity contribution in [3.05, 3.63) is 0 Å². The highest BCUT2D eigenvalue weighted by molar-refractivity contribution is 5.52. The fourth-order valence-electron chi connectivity index (χ4n) is 3.95. The van der Waals surface area contributed by atoms with E-state index in [4.69, 9.17) is 10.9 Å². The highest BCUT2D eigenvalue weighted by Gasteiger charge is 2.52. The number of carbonyl (C=O) groups excluding carboxylic acids is 1. The van der Waals surface area contributed by atoms with Gasteiger partial charge in [0, 0.05) is 24.5 Å². The second-order valence-electron chi connectivity index (χ2n) is 5.78. The van der Waals surface area contributed by atoms with E-state index >= 15 is 0 Å². The van der Waals surface area contributed by atoms with Crippen molar-refractivity contribution in [1.29, 1.82) is 0 Å². The third kappa shape index (κ3) is 2.59. The Hall–Kier alpha value is -0.490. The molecule has 2 fully saturated rings. The van der Waals surface area contributed by atoms with Gasteiger partial charge in [-0.25, -0.2) is 5.48 Å². The number of carbonyl (C=O) groups is 1. The Morgan fingerprint density at radius 2 is 2.39 bits per heavy atom. The molecule has 1 aliphatic carbocycles. The molecule has 0 radical (unpaired) electrons. The Morgan fingerprint density at radius 3 is 3.11 bits per heavy atom. The van der Waals surface area contributed by atoms with Crippen LogP contribution in [0.2, 0.25) is 0 Å². The standard InChI is InChI=1S/C13H25N3O2/c14-13(5-8-17)10(3-1-7-16-18)9-12-11(13)4-2-6-15-12/h8,10-12,15-16,18H,1-7,9,14H2. The Balaban J connectivity index is 2.04. The van der Waals surface area contributed by atoms with Crippen molar-refractivity contribution in [3.63, 3.8) is 0 Å². The number of fused-ring (bicyclic) bond motifs is 1. The first kappa shape index (κ1) is 13.9. The van der Waals surface area contributed by atoms with E-state index in [9.17, 15) is 4.79 Å². The fourth-order valence-corrected chi connectivity index (χ4v) is 3.95. The van der Waals surface area contributed by atoms with E-state index in [2.05, 4.69) is 10.8 Å². The number of hydrogen-bond donors (Lipinski definition) is 4. The summed E-state index contributed by atoms with van der Waals surface area (Å²) in [7, 11) is 0. The molecule has 0 spiro atoms. The van der Waals surface area contributed by atoms with Crippen LogP contribution < -0.4 is 16.5 Å². The van der Waals surface area contributed by atoms with Gasteiger partial charge in [-0.05, 0) is 50.5 Å². The van der Waals surface area contributed by atoms with Gasteiger partial charge in [-0.3, -0.25) is 0 Å². The molecule has 18 heavy (non-hydrogen) atoms. The van der Waals surface area contributed by atoms with Crippen molar-refractivity contribution in [3.8, 4) is 0 Å². The van der Waals surface area contributed by atoms with Gasteiger partial charge >= 0.3 is 0 Å². The SMILES string of the molecule is NC1(CC=O)C(CCCNO)CC2NCCCC21. The Kier molecular flexibility index (Phi) is 4.72. The molecule has 104 valence electrons. The van der Waals surface area contributed by atoms with Crippen molar-refractivity contribution >= 4 is 6.29 Å². The summed E-state index contributed by atoms with van der Waals surface area (Å²) in [5, 5.41) is 12.2. The van der Waals surface area contributed by atoms with Crippen molar-refractivity contribution in [2.75, 3.05) is 13.1 Å². The lowest BCUT2D eigenvalue weighted by Gasteiger charge is -2.38. The third-order valence-corrected chi connectivity index (χ3v) is 4.85. The first-order valence-corrected chi connectivity index (χ1v) is 7.05. The minimum Gasteiger partial charge on any atom is -0.324 e. The zero-order chi connectivity index (χ0) is 13.0. The zero-order valence-electron chi connectivity index (χ0n) is 10.9. The zero-order valence-corrected chi connectivity index (χ0v) is 10.9. The molecule has 2 aliphatic rings. The predicted molar refractivity (Wildman–Crippen MR) is 69.2 cm³/mol. The fraction of sp³-hybridized carbons (Fsp3) is 0.923. The molecule has 0 bridgehead atoms. The van der Waals surface area contributed by atoms with Crippen molar-refractivity contribution < 1.29 is 10.0 Å². The van der Waals surface area contributed by atoms with Crippen LogP contribution in [0.4, 0.5) is 0 Å². The summed E-state index contributed by atoms with van der Waals surface area (Å²) in [5.41, 5.74) is 8.45. The molecule has 4 atom stereocenters. The number of hydrogen-bond acceptors (Lipinski definition) is 5. The minimum atomic E-state index is -0.338. The van der Waals surface area contributed by atoms with E-state index in [1.165, 1.54) is 0 Å². The van der Waals surface area contributed by atoms with Gasteiger partial charge in [-0.2, -0.15) is 0 Å². The first-order valence-electron chi connectivity index (χ1n) is 7.05. The van der Waals surface area contributed by atoms with Gasteiger partial charge < -0.3 is 21.1 Å². The van der Waals surface area contributed by atoms with Gasteiger partial charge in [-0.15, -0.1) is 0 Å². The molecule has 5 nitrogen and oxygen atoms in total. The number of hydroxylamine groups is 1. The summed E-state index contributed by atoms with van der Waals surface area (Å²) < 4.78 is 0. The lowest BCUT2D eigenvalue weighted by atomic mass is 9.74. The number of nitrogens with two attached hydrogens (primary N) is 1. The minimum absolute atomic E-state index is 0.338. The molecule has 5 N–H and O–H groups in total. The summed E-state index contributed by atoms with van der Waals surface area (Å²) in [6.07, 6.45) is 6.69. The first-order chi connectivity index (χ1) is 8.72. The molecule has 0 aromatic carbocycles. The van der Waals surface area contributed by atoms with E-state index in [-0.39, 0.29) is 5.54 Å². The Morgan fingerprint density at radius 1 is 1.56 bits per heavy atom. The van der Waals surface area contributed by atoms with Crippen LogP contribution in [-0.2, 0) is 4.79 Å². The third-order valence-electron chi connectivity index (χ3n) is 4.85. The van der Waals surface area contributed by atoms with Gasteiger partial charge in [0.05, 0.1) is 0 Å². The number of rotatable bonds is 6. The van der Waals surface area contributed by atoms with Gasteiger partial charge in [0.25, 0.3) is 0 Å². The molecular formula is C13H25N3O2. The average molecular weight is 255 g/mol. The van der Waals surface area contributed by atoms with Gasteiger partial charge in [0.1, 0.15) is 6.29 Å². The molecule has 1 saturated heterocycles. The average Bonchev–Trinajstić information content (AvgIpc) is 2.64. The summed E-state index contributed by atoms with van der Waals surface area (Å²) in [6, 6.07) is 0.482. The smallest absolute Gasteiger partial charge is 0.121 e. The number of aldehydes is 1. The highest BCUT2D eigenvalue weighted by atomic mass is 16.5. The van der Waals surface area contributed by atoms with Gasteiger partial charge in [0.2, 0.25) is 0 Å². The van der Waals surface area contributed by atoms with Crippen molar-refractivity contribution in [2.24, 2.45) is 17.6 Å². The monoisotopic (exact) mass is 255 g/mol. The summed E-state index contributed by atoms with van der Waals surface area (Å²) >= 11 is 0. The second-order valence-corrected chi connectivity index (χ2v) is 5.78. The van der Waals surface area contributed by atoms with Gasteiger partial charge in [0.15, 0.2) is 0 Å². The summed E-state index contributed by atoms with van der Waals surface area (Å²) in [5.74, 6) is 0.820. The maximum absolute atomic E-state index is 11.0. The van der Waals surface area contributed by atoms with Crippen LogP contribution in [0.15, 0.2) is 0 Å². The molecule has 0 aromatic rings. The van der Waals surface area contributed by atoms with E-state index in [1.807, 2.05) is 0 Å². The number of piperidine rings is 1. The summed E-state index contributed by atoms with van der Waals surface area (Å²) in [6.45, 7) is 1.67. The summed E-state index contributed by atoms with van der Waals surface area (Å²) in [4.78, 5) is 11.0. The van der Waals surface area contributed by atoms with Crippen LogP contribution >= 0.6 is 0 Å². The van der Waals surface area contributed by atoms with Crippen LogP contribution in [0.25, 0.3) is 0 Å². The lowest BCUT2D eigenvalue weighted by Crippen LogP contribution is -2.54. The Labute approximate surface area is 108 Å². The molecular weight excluding hydrogens is 230 g/mol. The van der Waals surface area contributed by atoms with Crippen LogP contribution in [0.3, 0.4) is 0 Å². The molecule has 5 heteroatoms. The molecule has 1 aliphatic heterocycles. The maximum atomic E-state index is 11.0. The molecule has 0 amide bonds. The van der Waals surface area contributed by atoms with E-state index in [0.717, 1.165) is 44.9 Å². The lowest BCUT2D eigenvalue weighted by molar-refractivity contribution is -0.109. The largest absolute Gasteiger partial charge is 0.324 e. The molecule has 0 aromatic heterocycles. The van der Waals surface area contributed by atoms with Crippen LogP contribution in [0.5, 0.6) is 0 Å². The highest BCUT2D eigenvalue weighted by Crippen LogP contribution is 2.46. The molecule has 4 unspecified atom stereocenters. The van der Waals surface area contributed by atoms with Crippen LogP contribution in [0.1, 0.15) is 38.5 Å². The van der Waals surface area contributed by atoms with Gasteiger partial charge in [-0.1, -0.05) is 0 Å². The van der Waals surface area contributed by atoms with E-state index < -0.39 is 0 Å². The maximum Gasteiger partial charge on any atom is 0.121 e. The van der Waals surface area contributed by atoms with E-state index in [1.54, 1.807) is 0 Å². The predicted octanol–water partition coefficient (Wildman–Crippen LogP) is 0.420. The molecule has 2 rings (SSSR count).